The molecule has 1 unspecified atom stereocenters. The van der Waals surface area contributed by atoms with E-state index in [4.69, 9.17) is 4.98 Å². The van der Waals surface area contributed by atoms with Crippen molar-refractivity contribution in [2.75, 3.05) is 13.1 Å². The lowest BCUT2D eigenvalue weighted by atomic mass is 10.1. The Bertz CT molecular complexity index is 324. The number of nitrogens with one attached hydrogen (secondary N) is 1. The van der Waals surface area contributed by atoms with Gasteiger partial charge in [-0.2, -0.15) is 0 Å². The van der Waals surface area contributed by atoms with E-state index in [2.05, 4.69) is 26.1 Å². The maximum atomic E-state index is 4.81. The molecule has 1 N–H and O–H groups in total. The molecule has 1 aliphatic rings. The predicted octanol–water partition coefficient (Wildman–Crippen LogP) is 2.73. The van der Waals surface area contributed by atoms with Gasteiger partial charge in [0.15, 0.2) is 0 Å². The first-order valence-corrected chi connectivity index (χ1v) is 6.65. The third kappa shape index (κ3) is 2.58. The van der Waals surface area contributed by atoms with Crippen LogP contribution in [0, 0.1) is 12.8 Å². The summed E-state index contributed by atoms with van der Waals surface area (Å²) >= 11 is 1.90. The van der Waals surface area contributed by atoms with E-state index in [1.165, 1.54) is 22.0 Å². The van der Waals surface area contributed by atoms with Crippen LogP contribution in [0.1, 0.15) is 41.8 Å². The summed E-state index contributed by atoms with van der Waals surface area (Å²) in [5.74, 6) is 1.38. The summed E-state index contributed by atoms with van der Waals surface area (Å²) in [7, 11) is 0. The van der Waals surface area contributed by atoms with E-state index >= 15 is 0 Å². The molecule has 0 aromatic carbocycles. The van der Waals surface area contributed by atoms with Gasteiger partial charge in [0.2, 0.25) is 0 Å². The van der Waals surface area contributed by atoms with E-state index in [0.29, 0.717) is 11.8 Å². The fourth-order valence-corrected chi connectivity index (χ4v) is 3.15. The molecule has 1 aromatic rings. The molecule has 1 saturated heterocycles. The molecule has 2 nitrogen and oxygen atoms in total. The highest BCUT2D eigenvalue weighted by Gasteiger charge is 2.21. The molecule has 0 amide bonds. The van der Waals surface area contributed by atoms with Crippen LogP contribution in [0.5, 0.6) is 0 Å². The summed E-state index contributed by atoms with van der Waals surface area (Å²) in [5, 5.41) is 4.76. The van der Waals surface area contributed by atoms with Crippen LogP contribution in [0.3, 0.4) is 0 Å². The van der Waals surface area contributed by atoms with Crippen LogP contribution in [-0.4, -0.2) is 18.1 Å². The van der Waals surface area contributed by atoms with Gasteiger partial charge in [0, 0.05) is 17.3 Å². The van der Waals surface area contributed by atoms with Crippen LogP contribution in [0.15, 0.2) is 0 Å². The summed E-state index contributed by atoms with van der Waals surface area (Å²) < 4.78 is 0. The Kier molecular flexibility index (Phi) is 3.42. The smallest absolute Gasteiger partial charge is 0.0975 e. The van der Waals surface area contributed by atoms with Gasteiger partial charge in [-0.25, -0.2) is 4.98 Å². The monoisotopic (exact) mass is 224 g/mol. The van der Waals surface area contributed by atoms with Crippen molar-refractivity contribution in [3.63, 3.8) is 0 Å². The van der Waals surface area contributed by atoms with Crippen LogP contribution >= 0.6 is 11.3 Å². The highest BCUT2D eigenvalue weighted by Crippen LogP contribution is 2.29. The molecule has 2 heterocycles. The van der Waals surface area contributed by atoms with Crippen molar-refractivity contribution in [3.8, 4) is 0 Å². The van der Waals surface area contributed by atoms with Gasteiger partial charge in [0.1, 0.15) is 0 Å². The summed E-state index contributed by atoms with van der Waals surface area (Å²) in [5.41, 5.74) is 1.33. The van der Waals surface area contributed by atoms with Crippen molar-refractivity contribution in [1.82, 2.24) is 10.3 Å². The molecule has 15 heavy (non-hydrogen) atoms. The molecule has 84 valence electrons. The molecule has 1 fully saturated rings. The number of nitrogens with zero attached hydrogens (tertiary/aromatic N) is 1. The Morgan fingerprint density at radius 2 is 2.33 bits per heavy atom. The van der Waals surface area contributed by atoms with Crippen molar-refractivity contribution in [1.29, 1.82) is 0 Å². The maximum Gasteiger partial charge on any atom is 0.0975 e. The molecule has 0 bridgehead atoms. The zero-order chi connectivity index (χ0) is 10.8. The van der Waals surface area contributed by atoms with Gasteiger partial charge in [-0.3, -0.25) is 0 Å². The zero-order valence-electron chi connectivity index (χ0n) is 9.84. The van der Waals surface area contributed by atoms with Gasteiger partial charge >= 0.3 is 0 Å². The lowest BCUT2D eigenvalue weighted by molar-refractivity contribution is 0.631. The zero-order valence-corrected chi connectivity index (χ0v) is 10.7. The van der Waals surface area contributed by atoms with Crippen LogP contribution < -0.4 is 5.32 Å². The van der Waals surface area contributed by atoms with E-state index in [0.717, 1.165) is 19.5 Å². The Hall–Kier alpha value is -0.410. The van der Waals surface area contributed by atoms with Crippen LogP contribution in [0.2, 0.25) is 0 Å². The highest BCUT2D eigenvalue weighted by atomic mass is 32.1. The quantitative estimate of drug-likeness (QED) is 0.854. The van der Waals surface area contributed by atoms with Gasteiger partial charge in [-0.15, -0.1) is 11.3 Å². The first-order valence-electron chi connectivity index (χ1n) is 5.83. The minimum Gasteiger partial charge on any atom is -0.316 e. The molecular formula is C12H20N2S. The Balaban J connectivity index is 2.12. The molecule has 0 spiro atoms. The maximum absolute atomic E-state index is 4.81. The second-order valence-electron chi connectivity index (χ2n) is 4.84. The minimum absolute atomic E-state index is 0.676. The van der Waals surface area contributed by atoms with Crippen molar-refractivity contribution in [2.24, 2.45) is 5.92 Å². The number of thiazole rings is 1. The Morgan fingerprint density at radius 3 is 2.93 bits per heavy atom. The fraction of sp³-hybridized carbons (Fsp3) is 0.750. The van der Waals surface area contributed by atoms with Gasteiger partial charge in [0.25, 0.3) is 0 Å². The summed E-state index contributed by atoms with van der Waals surface area (Å²) in [6, 6.07) is 0. The Morgan fingerprint density at radius 1 is 1.53 bits per heavy atom. The third-order valence-electron chi connectivity index (χ3n) is 2.92. The largest absolute Gasteiger partial charge is 0.316 e. The summed E-state index contributed by atoms with van der Waals surface area (Å²) in [4.78, 5) is 6.23. The standard InChI is InChI=1S/C12H20N2S/c1-8(2)6-11-9(3)15-12(14-11)10-4-5-13-7-10/h8,10,13H,4-7H2,1-3H3. The molecule has 0 saturated carbocycles. The molecule has 0 radical (unpaired) electrons. The second-order valence-corrected chi connectivity index (χ2v) is 6.08. The molecule has 0 aliphatic carbocycles. The van der Waals surface area contributed by atoms with Crippen molar-refractivity contribution in [2.45, 2.75) is 39.5 Å². The van der Waals surface area contributed by atoms with Gasteiger partial charge in [-0.05, 0) is 32.2 Å². The van der Waals surface area contributed by atoms with E-state index in [-0.39, 0.29) is 0 Å². The fourth-order valence-electron chi connectivity index (χ4n) is 2.07. The Labute approximate surface area is 96.1 Å². The van der Waals surface area contributed by atoms with Crippen LogP contribution in [-0.2, 0) is 6.42 Å². The topological polar surface area (TPSA) is 24.9 Å². The second kappa shape index (κ2) is 4.62. The van der Waals surface area contributed by atoms with E-state index < -0.39 is 0 Å². The van der Waals surface area contributed by atoms with E-state index in [1.54, 1.807) is 0 Å². The average molecular weight is 224 g/mol. The van der Waals surface area contributed by atoms with Gasteiger partial charge in [-0.1, -0.05) is 13.8 Å². The minimum atomic E-state index is 0.676. The molecule has 1 aliphatic heterocycles. The van der Waals surface area contributed by atoms with Crippen molar-refractivity contribution >= 4 is 11.3 Å². The normalized spacial score (nSPS) is 21.5. The molecule has 1 aromatic heterocycles. The van der Waals surface area contributed by atoms with Crippen LogP contribution in [0.4, 0.5) is 0 Å². The average Bonchev–Trinajstić information content (AvgIpc) is 2.75. The highest BCUT2D eigenvalue weighted by molar-refractivity contribution is 7.11. The van der Waals surface area contributed by atoms with Crippen molar-refractivity contribution < 1.29 is 0 Å². The van der Waals surface area contributed by atoms with Gasteiger partial charge < -0.3 is 5.32 Å². The third-order valence-corrected chi connectivity index (χ3v) is 4.10. The molecule has 1 atom stereocenters. The molecular weight excluding hydrogens is 204 g/mol. The summed E-state index contributed by atoms with van der Waals surface area (Å²) in [6.07, 6.45) is 2.39. The number of rotatable bonds is 3. The van der Waals surface area contributed by atoms with Crippen LogP contribution in [0.25, 0.3) is 0 Å². The predicted molar refractivity (Wildman–Crippen MR) is 65.6 cm³/mol. The first-order chi connectivity index (χ1) is 7.16. The summed E-state index contributed by atoms with van der Waals surface area (Å²) in [6.45, 7) is 9.00. The lowest BCUT2D eigenvalue weighted by Gasteiger charge is -2.03. The lowest BCUT2D eigenvalue weighted by Crippen LogP contribution is -2.07. The number of aryl methyl sites for hydroxylation is 1. The SMILES string of the molecule is Cc1sc(C2CCNC2)nc1CC(C)C. The van der Waals surface area contributed by atoms with Gasteiger partial charge in [0.05, 0.1) is 10.7 Å². The molecule has 2 rings (SSSR count). The first kappa shape index (κ1) is 11.1. The number of hydrogen-bond donors (Lipinski definition) is 1. The number of hydrogen-bond acceptors (Lipinski definition) is 3. The molecule has 3 heteroatoms. The van der Waals surface area contributed by atoms with E-state index in [1.807, 2.05) is 11.3 Å². The number of aromatic nitrogens is 1. The van der Waals surface area contributed by atoms with E-state index in [9.17, 15) is 0 Å². The van der Waals surface area contributed by atoms with Crippen molar-refractivity contribution in [3.05, 3.63) is 15.6 Å².